The van der Waals surface area contributed by atoms with Gasteiger partial charge in [-0.25, -0.2) is 0 Å². The first-order chi connectivity index (χ1) is 8.93. The highest BCUT2D eigenvalue weighted by Gasteiger charge is 2.21. The molecule has 0 spiro atoms. The van der Waals surface area contributed by atoms with E-state index in [1.54, 1.807) is 0 Å². The molecular formula is C17H15N. The lowest BCUT2D eigenvalue weighted by molar-refractivity contribution is 0.386. The van der Waals surface area contributed by atoms with Crippen molar-refractivity contribution in [2.45, 2.75) is 12.5 Å². The summed E-state index contributed by atoms with van der Waals surface area (Å²) in [5.41, 5.74) is 1.45. The summed E-state index contributed by atoms with van der Waals surface area (Å²) in [4.78, 5) is 0. The average Bonchev–Trinajstić information content (AvgIpc) is 2.37. The molecule has 0 saturated carbocycles. The molecule has 0 unspecified atom stereocenters. The fraction of sp³-hybridized carbons (Fsp3) is 0.176. The lowest BCUT2D eigenvalue weighted by Gasteiger charge is -2.29. The monoisotopic (exact) mass is 233 g/mol. The van der Waals surface area contributed by atoms with E-state index in [0.717, 1.165) is 6.54 Å². The topological polar surface area (TPSA) is 12.0 Å². The molecule has 0 aromatic heterocycles. The van der Waals surface area contributed by atoms with Gasteiger partial charge in [-0.1, -0.05) is 48.5 Å². The van der Waals surface area contributed by atoms with Crippen LogP contribution in [0.25, 0.3) is 21.5 Å². The van der Waals surface area contributed by atoms with Crippen molar-refractivity contribution in [3.05, 3.63) is 60.2 Å². The first kappa shape index (κ1) is 10.1. The molecular weight excluding hydrogens is 218 g/mol. The van der Waals surface area contributed by atoms with Crippen LogP contribution in [0.1, 0.15) is 18.0 Å². The fourth-order valence-electron chi connectivity index (χ4n) is 2.93. The van der Waals surface area contributed by atoms with Gasteiger partial charge < -0.3 is 5.32 Å². The van der Waals surface area contributed by atoms with Gasteiger partial charge in [-0.05, 0) is 46.1 Å². The average molecular weight is 233 g/mol. The third kappa shape index (κ3) is 1.37. The first-order valence-electron chi connectivity index (χ1n) is 6.57. The standard InChI is InChI=1S/C17H15N/c1-2-6-13-12(5-1)11-16(17-9-10-18-17)15-8-4-3-7-14(13)15/h1-8,11,17-18H,9-10H2/t17-/m1/s1. The Balaban J connectivity index is 2.14. The number of rotatable bonds is 1. The molecule has 1 N–H and O–H groups in total. The van der Waals surface area contributed by atoms with Gasteiger partial charge in [0.15, 0.2) is 0 Å². The summed E-state index contributed by atoms with van der Waals surface area (Å²) in [5.74, 6) is 0. The summed E-state index contributed by atoms with van der Waals surface area (Å²) in [6.07, 6.45) is 1.25. The molecule has 1 atom stereocenters. The third-order valence-electron chi connectivity index (χ3n) is 4.00. The van der Waals surface area contributed by atoms with E-state index in [9.17, 15) is 0 Å². The number of fused-ring (bicyclic) bond motifs is 3. The Bertz CT molecular complexity index is 726. The maximum Gasteiger partial charge on any atom is 0.0338 e. The van der Waals surface area contributed by atoms with Gasteiger partial charge in [-0.2, -0.15) is 0 Å². The van der Waals surface area contributed by atoms with Gasteiger partial charge in [-0.3, -0.25) is 0 Å². The lowest BCUT2D eigenvalue weighted by atomic mass is 9.90. The summed E-state index contributed by atoms with van der Waals surface area (Å²) in [7, 11) is 0. The lowest BCUT2D eigenvalue weighted by Crippen LogP contribution is -2.35. The van der Waals surface area contributed by atoms with Crippen molar-refractivity contribution >= 4 is 21.5 Å². The molecule has 3 aromatic rings. The highest BCUT2D eigenvalue weighted by atomic mass is 15.0. The molecule has 1 saturated heterocycles. The second kappa shape index (κ2) is 3.82. The Hall–Kier alpha value is -1.86. The van der Waals surface area contributed by atoms with E-state index in [4.69, 9.17) is 0 Å². The molecule has 3 aromatic carbocycles. The van der Waals surface area contributed by atoms with Crippen molar-refractivity contribution in [1.29, 1.82) is 0 Å². The Morgan fingerprint density at radius 1 is 0.833 bits per heavy atom. The van der Waals surface area contributed by atoms with Crippen LogP contribution in [0.3, 0.4) is 0 Å². The van der Waals surface area contributed by atoms with Crippen LogP contribution in [-0.2, 0) is 0 Å². The van der Waals surface area contributed by atoms with Crippen LogP contribution in [0, 0.1) is 0 Å². The molecule has 1 fully saturated rings. The van der Waals surface area contributed by atoms with Crippen molar-refractivity contribution in [1.82, 2.24) is 5.32 Å². The smallest absolute Gasteiger partial charge is 0.0338 e. The summed E-state index contributed by atoms with van der Waals surface area (Å²) in [6, 6.07) is 20.3. The van der Waals surface area contributed by atoms with E-state index >= 15 is 0 Å². The largest absolute Gasteiger partial charge is 0.310 e. The van der Waals surface area contributed by atoms with E-state index in [0.29, 0.717) is 6.04 Å². The molecule has 1 aliphatic rings. The molecule has 1 aliphatic heterocycles. The SMILES string of the molecule is c1ccc2c(c1)cc([C@H]1CCN1)c1ccccc12. The van der Waals surface area contributed by atoms with E-state index < -0.39 is 0 Å². The highest BCUT2D eigenvalue weighted by Crippen LogP contribution is 2.34. The highest BCUT2D eigenvalue weighted by molar-refractivity contribution is 6.09. The van der Waals surface area contributed by atoms with Gasteiger partial charge in [0.2, 0.25) is 0 Å². The maximum absolute atomic E-state index is 3.52. The number of nitrogens with one attached hydrogen (secondary N) is 1. The Labute approximate surface area is 106 Å². The minimum atomic E-state index is 0.541. The summed E-state index contributed by atoms with van der Waals surface area (Å²) in [6.45, 7) is 1.14. The minimum absolute atomic E-state index is 0.541. The summed E-state index contributed by atoms with van der Waals surface area (Å²) in [5, 5.41) is 8.99. The number of benzene rings is 3. The fourth-order valence-corrected chi connectivity index (χ4v) is 2.93. The van der Waals surface area contributed by atoms with E-state index in [2.05, 4.69) is 59.9 Å². The maximum atomic E-state index is 3.52. The molecule has 4 rings (SSSR count). The van der Waals surface area contributed by atoms with Crippen LogP contribution < -0.4 is 5.32 Å². The molecule has 1 heteroatoms. The number of hydrogen-bond acceptors (Lipinski definition) is 1. The van der Waals surface area contributed by atoms with Crippen molar-refractivity contribution in [3.63, 3.8) is 0 Å². The molecule has 0 amide bonds. The van der Waals surface area contributed by atoms with E-state index in [1.807, 2.05) is 0 Å². The predicted octanol–water partition coefficient (Wildman–Crippen LogP) is 4.03. The zero-order valence-electron chi connectivity index (χ0n) is 10.2. The van der Waals surface area contributed by atoms with Gasteiger partial charge >= 0.3 is 0 Å². The van der Waals surface area contributed by atoms with Crippen molar-refractivity contribution < 1.29 is 0 Å². The first-order valence-corrected chi connectivity index (χ1v) is 6.57. The molecule has 0 radical (unpaired) electrons. The zero-order chi connectivity index (χ0) is 11.9. The molecule has 18 heavy (non-hydrogen) atoms. The second-order valence-electron chi connectivity index (χ2n) is 5.03. The van der Waals surface area contributed by atoms with Crippen LogP contribution in [0.2, 0.25) is 0 Å². The Kier molecular flexibility index (Phi) is 2.14. The van der Waals surface area contributed by atoms with Crippen LogP contribution in [-0.4, -0.2) is 6.54 Å². The molecule has 1 heterocycles. The van der Waals surface area contributed by atoms with Crippen LogP contribution in [0.15, 0.2) is 54.6 Å². The Morgan fingerprint density at radius 2 is 1.50 bits per heavy atom. The van der Waals surface area contributed by atoms with Gasteiger partial charge in [0.05, 0.1) is 0 Å². The third-order valence-corrected chi connectivity index (χ3v) is 4.00. The van der Waals surface area contributed by atoms with Crippen molar-refractivity contribution in [2.75, 3.05) is 6.54 Å². The predicted molar refractivity (Wildman–Crippen MR) is 76.8 cm³/mol. The summed E-state index contributed by atoms with van der Waals surface area (Å²) >= 11 is 0. The normalized spacial score (nSPS) is 19.0. The van der Waals surface area contributed by atoms with Crippen LogP contribution >= 0.6 is 0 Å². The van der Waals surface area contributed by atoms with Gasteiger partial charge in [0.1, 0.15) is 0 Å². The minimum Gasteiger partial charge on any atom is -0.310 e. The van der Waals surface area contributed by atoms with E-state index in [1.165, 1.54) is 33.5 Å². The second-order valence-corrected chi connectivity index (χ2v) is 5.03. The summed E-state index contributed by atoms with van der Waals surface area (Å²) < 4.78 is 0. The molecule has 0 aliphatic carbocycles. The molecule has 0 bridgehead atoms. The van der Waals surface area contributed by atoms with E-state index in [-0.39, 0.29) is 0 Å². The zero-order valence-corrected chi connectivity index (χ0v) is 10.2. The van der Waals surface area contributed by atoms with Crippen molar-refractivity contribution in [2.24, 2.45) is 0 Å². The van der Waals surface area contributed by atoms with Gasteiger partial charge in [0.25, 0.3) is 0 Å². The molecule has 88 valence electrons. The van der Waals surface area contributed by atoms with Crippen molar-refractivity contribution in [3.8, 4) is 0 Å². The quantitative estimate of drug-likeness (QED) is 0.626. The van der Waals surface area contributed by atoms with Gasteiger partial charge in [-0.15, -0.1) is 0 Å². The van der Waals surface area contributed by atoms with Crippen LogP contribution in [0.4, 0.5) is 0 Å². The van der Waals surface area contributed by atoms with Gasteiger partial charge in [0, 0.05) is 6.04 Å². The Morgan fingerprint density at radius 3 is 2.22 bits per heavy atom. The number of hydrogen-bond donors (Lipinski definition) is 1. The van der Waals surface area contributed by atoms with Crippen LogP contribution in [0.5, 0.6) is 0 Å². The molecule has 1 nitrogen and oxygen atoms in total.